The zero-order chi connectivity index (χ0) is 19.4. The van der Waals surface area contributed by atoms with Gasteiger partial charge in [-0.3, -0.25) is 0 Å². The van der Waals surface area contributed by atoms with E-state index in [0.717, 1.165) is 27.9 Å². The van der Waals surface area contributed by atoms with Gasteiger partial charge in [0.1, 0.15) is 0 Å². The van der Waals surface area contributed by atoms with E-state index in [0.29, 0.717) is 0 Å². The third-order valence-electron chi connectivity index (χ3n) is 4.81. The molecular weight excluding hydrogens is 346 g/mol. The molecule has 132 valence electrons. The fraction of sp³-hybridized carbons (Fsp3) is 0.160. The molecule has 0 aliphatic rings. The molecular formula is C25H21NS. The summed E-state index contributed by atoms with van der Waals surface area (Å²) in [6.45, 7) is 8.34. The zero-order valence-electron chi connectivity index (χ0n) is 16.1. The molecule has 0 aliphatic carbocycles. The molecule has 2 heteroatoms. The lowest BCUT2D eigenvalue weighted by Crippen LogP contribution is -1.91. The Labute approximate surface area is 166 Å². The minimum absolute atomic E-state index is 0.923. The van der Waals surface area contributed by atoms with Gasteiger partial charge in [-0.1, -0.05) is 41.7 Å². The maximum atomic E-state index is 4.77. The quantitative estimate of drug-likeness (QED) is 0.278. The molecule has 3 rings (SSSR count). The van der Waals surface area contributed by atoms with E-state index in [1.165, 1.54) is 22.3 Å². The molecule has 0 amide bonds. The average Bonchev–Trinajstić information content (AvgIpc) is 2.68. The van der Waals surface area contributed by atoms with E-state index in [1.807, 2.05) is 0 Å². The highest BCUT2D eigenvalue weighted by atomic mass is 32.1. The summed E-state index contributed by atoms with van der Waals surface area (Å²) in [6, 6.07) is 18.8. The Hall–Kier alpha value is -2.98. The van der Waals surface area contributed by atoms with Gasteiger partial charge in [-0.05, 0) is 98.1 Å². The van der Waals surface area contributed by atoms with Crippen molar-refractivity contribution in [1.82, 2.24) is 0 Å². The van der Waals surface area contributed by atoms with Gasteiger partial charge in [0.2, 0.25) is 0 Å². The van der Waals surface area contributed by atoms with Gasteiger partial charge in [0.15, 0.2) is 0 Å². The van der Waals surface area contributed by atoms with Gasteiger partial charge in [-0.25, -0.2) is 0 Å². The number of nitrogens with zero attached hydrogens (tertiary/aromatic N) is 1. The molecule has 0 radical (unpaired) electrons. The van der Waals surface area contributed by atoms with Crippen LogP contribution in [-0.2, 0) is 0 Å². The van der Waals surface area contributed by atoms with Gasteiger partial charge in [-0.2, -0.15) is 4.99 Å². The molecule has 3 aromatic rings. The van der Waals surface area contributed by atoms with Crippen molar-refractivity contribution < 1.29 is 0 Å². The minimum Gasteiger partial charge on any atom is -0.194 e. The summed E-state index contributed by atoms with van der Waals surface area (Å²) in [5.41, 5.74) is 10.1. The van der Waals surface area contributed by atoms with Crippen molar-refractivity contribution in [2.45, 2.75) is 27.7 Å². The Kier molecular flexibility index (Phi) is 5.67. The van der Waals surface area contributed by atoms with E-state index >= 15 is 0 Å². The standard InChI is InChI=1S/C25H21NS/c1-17-5-7-21(8-6-17)9-10-22-11-13-23(14-12-22)24-15-18(2)25(26-16-27)20(4)19(24)3/h5-8,11-15H,1-4H3. The molecule has 0 atom stereocenters. The SMILES string of the molecule is Cc1ccc(C#Cc2ccc(-c3cc(C)c(N=C=S)c(C)c3C)cc2)cc1. The molecule has 27 heavy (non-hydrogen) atoms. The van der Waals surface area contributed by atoms with E-state index in [2.05, 4.69) is 104 Å². The van der Waals surface area contributed by atoms with Gasteiger partial charge in [0.25, 0.3) is 0 Å². The number of thiocarbonyl (C=S) groups is 1. The fourth-order valence-corrected chi connectivity index (χ4v) is 3.19. The van der Waals surface area contributed by atoms with Crippen molar-refractivity contribution in [3.63, 3.8) is 0 Å². The summed E-state index contributed by atoms with van der Waals surface area (Å²) in [5.74, 6) is 6.46. The van der Waals surface area contributed by atoms with Crippen LogP contribution in [0.3, 0.4) is 0 Å². The summed E-state index contributed by atoms with van der Waals surface area (Å²) in [5, 5.41) is 2.48. The summed E-state index contributed by atoms with van der Waals surface area (Å²) >= 11 is 4.77. The Morgan fingerprint density at radius 2 is 1.30 bits per heavy atom. The van der Waals surface area contributed by atoms with Crippen LogP contribution in [0.1, 0.15) is 33.4 Å². The van der Waals surface area contributed by atoms with E-state index in [1.54, 1.807) is 0 Å². The van der Waals surface area contributed by atoms with Gasteiger partial charge in [0.05, 0.1) is 10.8 Å². The Morgan fingerprint density at radius 1 is 0.741 bits per heavy atom. The molecule has 0 aliphatic heterocycles. The summed E-state index contributed by atoms with van der Waals surface area (Å²) < 4.78 is 0. The Balaban J connectivity index is 1.92. The minimum atomic E-state index is 0.923. The number of aliphatic imine (C=N–C) groups is 1. The van der Waals surface area contributed by atoms with Gasteiger partial charge in [-0.15, -0.1) is 0 Å². The number of hydrogen-bond acceptors (Lipinski definition) is 2. The second kappa shape index (κ2) is 8.14. The van der Waals surface area contributed by atoms with Crippen LogP contribution in [0.25, 0.3) is 11.1 Å². The van der Waals surface area contributed by atoms with Crippen LogP contribution in [0.15, 0.2) is 59.6 Å². The number of rotatable bonds is 2. The van der Waals surface area contributed by atoms with Crippen molar-refractivity contribution in [3.8, 4) is 23.0 Å². The third kappa shape index (κ3) is 4.23. The lowest BCUT2D eigenvalue weighted by Gasteiger charge is -2.14. The molecule has 0 aromatic heterocycles. The first-order valence-corrected chi connectivity index (χ1v) is 9.28. The monoisotopic (exact) mass is 367 g/mol. The first kappa shape index (κ1) is 18.8. The number of isothiocyanates is 1. The smallest absolute Gasteiger partial charge is 0.0800 e. The highest BCUT2D eigenvalue weighted by molar-refractivity contribution is 7.78. The van der Waals surface area contributed by atoms with Gasteiger partial charge < -0.3 is 0 Å². The molecule has 0 heterocycles. The topological polar surface area (TPSA) is 12.4 Å². The van der Waals surface area contributed by atoms with Crippen LogP contribution in [-0.4, -0.2) is 5.16 Å². The zero-order valence-corrected chi connectivity index (χ0v) is 16.9. The van der Waals surface area contributed by atoms with Gasteiger partial charge >= 0.3 is 0 Å². The largest absolute Gasteiger partial charge is 0.194 e. The number of aryl methyl sites for hydroxylation is 2. The molecule has 0 saturated carbocycles. The van der Waals surface area contributed by atoms with Crippen LogP contribution >= 0.6 is 12.2 Å². The maximum Gasteiger partial charge on any atom is 0.0800 e. The van der Waals surface area contributed by atoms with Gasteiger partial charge in [0, 0.05) is 11.1 Å². The second-order valence-corrected chi connectivity index (χ2v) is 6.92. The third-order valence-corrected chi connectivity index (χ3v) is 4.90. The van der Waals surface area contributed by atoms with E-state index in [4.69, 9.17) is 12.2 Å². The number of benzene rings is 3. The molecule has 0 N–H and O–H groups in total. The first-order valence-electron chi connectivity index (χ1n) is 8.87. The van der Waals surface area contributed by atoms with Crippen LogP contribution in [0, 0.1) is 39.5 Å². The van der Waals surface area contributed by atoms with Crippen molar-refractivity contribution in [3.05, 3.63) is 88.0 Å². The Bertz CT molecular complexity index is 1090. The molecule has 0 saturated heterocycles. The van der Waals surface area contributed by atoms with Crippen LogP contribution < -0.4 is 0 Å². The fourth-order valence-electron chi connectivity index (χ4n) is 3.10. The van der Waals surface area contributed by atoms with Crippen LogP contribution in [0.4, 0.5) is 5.69 Å². The van der Waals surface area contributed by atoms with Crippen molar-refractivity contribution in [1.29, 1.82) is 0 Å². The lowest BCUT2D eigenvalue weighted by atomic mass is 9.92. The molecule has 0 fully saturated rings. The summed E-state index contributed by atoms with van der Waals surface area (Å²) in [6.07, 6.45) is 0. The molecule has 0 unspecified atom stereocenters. The highest BCUT2D eigenvalue weighted by Crippen LogP contribution is 2.34. The predicted octanol–water partition coefficient (Wildman–Crippen LogP) is 6.72. The van der Waals surface area contributed by atoms with Crippen LogP contribution in [0.5, 0.6) is 0 Å². The highest BCUT2D eigenvalue weighted by Gasteiger charge is 2.11. The Morgan fingerprint density at radius 3 is 1.85 bits per heavy atom. The van der Waals surface area contributed by atoms with E-state index < -0.39 is 0 Å². The van der Waals surface area contributed by atoms with Crippen molar-refractivity contribution in [2.75, 3.05) is 0 Å². The average molecular weight is 368 g/mol. The molecule has 0 spiro atoms. The molecule has 3 aromatic carbocycles. The van der Waals surface area contributed by atoms with Crippen LogP contribution in [0.2, 0.25) is 0 Å². The summed E-state index contributed by atoms with van der Waals surface area (Å²) in [7, 11) is 0. The van der Waals surface area contributed by atoms with E-state index in [9.17, 15) is 0 Å². The first-order chi connectivity index (χ1) is 13.0. The van der Waals surface area contributed by atoms with Crippen molar-refractivity contribution >= 4 is 23.1 Å². The van der Waals surface area contributed by atoms with E-state index in [-0.39, 0.29) is 0 Å². The molecule has 1 nitrogen and oxygen atoms in total. The van der Waals surface area contributed by atoms with Crippen molar-refractivity contribution in [2.24, 2.45) is 4.99 Å². The summed E-state index contributed by atoms with van der Waals surface area (Å²) in [4.78, 5) is 4.22. The molecule has 0 bridgehead atoms. The lowest BCUT2D eigenvalue weighted by molar-refractivity contribution is 1.27. The second-order valence-electron chi connectivity index (χ2n) is 6.74. The maximum absolute atomic E-state index is 4.77. The predicted molar refractivity (Wildman–Crippen MR) is 118 cm³/mol. The normalized spacial score (nSPS) is 9.93. The number of hydrogen-bond donors (Lipinski definition) is 0.